The van der Waals surface area contributed by atoms with E-state index in [-0.39, 0.29) is 0 Å². The molecule has 4 rings (SSSR count). The lowest BCUT2D eigenvalue weighted by molar-refractivity contribution is -0.289. The van der Waals surface area contributed by atoms with Crippen LogP contribution in [0.15, 0.2) is 24.3 Å². The summed E-state index contributed by atoms with van der Waals surface area (Å²) in [5, 5.41) is 34.2. The number of rotatable bonds is 1. The van der Waals surface area contributed by atoms with Gasteiger partial charge in [0.25, 0.3) is 0 Å². The zero-order valence-corrected chi connectivity index (χ0v) is 15.2. The van der Waals surface area contributed by atoms with Crippen molar-refractivity contribution in [1.82, 2.24) is 0 Å². The van der Waals surface area contributed by atoms with Crippen LogP contribution < -0.4 is 0 Å². The number of aliphatic hydroxyl groups is 3. The van der Waals surface area contributed by atoms with E-state index in [1.165, 1.54) is 0 Å². The van der Waals surface area contributed by atoms with Gasteiger partial charge >= 0.3 is 5.97 Å². The van der Waals surface area contributed by atoms with E-state index < -0.39 is 45.6 Å². The topological polar surface area (TPSA) is 87.0 Å². The molecule has 25 heavy (non-hydrogen) atoms. The molecule has 0 radical (unpaired) electrons. The molecule has 5 nitrogen and oxygen atoms in total. The molecule has 0 aromatic heterocycles. The number of ether oxygens (including phenoxy) is 1. The van der Waals surface area contributed by atoms with Crippen molar-refractivity contribution in [3.05, 3.63) is 24.3 Å². The number of carbonyl (C=O) groups is 1. The fourth-order valence-electron chi connectivity index (χ4n) is 6.35. The van der Waals surface area contributed by atoms with Gasteiger partial charge in [-0.2, -0.15) is 0 Å². The fraction of sp³-hybridized carbons (Fsp3) is 0.750. The number of aliphatic hydroxyl groups excluding tert-OH is 1. The van der Waals surface area contributed by atoms with Crippen molar-refractivity contribution >= 4 is 5.97 Å². The highest BCUT2D eigenvalue weighted by molar-refractivity contribution is 5.85. The first-order chi connectivity index (χ1) is 11.5. The van der Waals surface area contributed by atoms with Gasteiger partial charge in [0.1, 0.15) is 17.1 Å². The Morgan fingerprint density at radius 3 is 2.52 bits per heavy atom. The minimum atomic E-state index is -1.99. The molecule has 3 fully saturated rings. The lowest BCUT2D eigenvalue weighted by Crippen LogP contribution is -2.71. The lowest BCUT2D eigenvalue weighted by atomic mass is 9.42. The molecular weight excluding hydrogens is 320 g/mol. The molecule has 0 unspecified atom stereocenters. The molecule has 3 aliphatic carbocycles. The van der Waals surface area contributed by atoms with Crippen LogP contribution in [0.25, 0.3) is 0 Å². The largest absolute Gasteiger partial charge is 0.429 e. The first kappa shape index (κ1) is 17.3. The predicted octanol–water partition coefficient (Wildman–Crippen LogP) is 2.06. The van der Waals surface area contributed by atoms with Crippen LogP contribution in [0.4, 0.5) is 0 Å². The summed E-state index contributed by atoms with van der Waals surface area (Å²) < 4.78 is 5.46. The summed E-state index contributed by atoms with van der Waals surface area (Å²) in [5.41, 5.74) is -3.19. The molecule has 138 valence electrons. The van der Waals surface area contributed by atoms with Crippen LogP contribution in [0.3, 0.4) is 0 Å². The highest BCUT2D eigenvalue weighted by Gasteiger charge is 2.83. The standard InChI is InChI=1S/C20H28O5/c1-5-17(4)9-10-19(23)12(11-17)13(21)20(24)14-16(2,3)7-6-8-18(14,19)15(22)25-20/h5,11,13-14,21,23-24H,1,6-10H2,2-4H3/t13-,14+,17-,18+,19-,20-/m1/s1. The molecule has 0 aromatic carbocycles. The van der Waals surface area contributed by atoms with E-state index >= 15 is 0 Å². The molecule has 0 amide bonds. The Balaban J connectivity index is 2.01. The summed E-state index contributed by atoms with van der Waals surface area (Å²) in [5.74, 6) is -3.20. The van der Waals surface area contributed by atoms with Gasteiger partial charge in [-0.05, 0) is 36.7 Å². The first-order valence-electron chi connectivity index (χ1n) is 9.20. The Morgan fingerprint density at radius 1 is 1.20 bits per heavy atom. The van der Waals surface area contributed by atoms with Crippen LogP contribution >= 0.6 is 0 Å². The molecule has 1 heterocycles. The molecule has 4 aliphatic rings. The lowest BCUT2D eigenvalue weighted by Gasteiger charge is -2.61. The zero-order valence-electron chi connectivity index (χ0n) is 15.2. The molecule has 1 saturated heterocycles. The average molecular weight is 348 g/mol. The van der Waals surface area contributed by atoms with Crippen LogP contribution in [-0.2, 0) is 9.53 Å². The van der Waals surface area contributed by atoms with Gasteiger partial charge in [0.05, 0.1) is 5.92 Å². The van der Waals surface area contributed by atoms with Crippen molar-refractivity contribution in [3.63, 3.8) is 0 Å². The normalized spacial score (nSPS) is 53.4. The number of hydrogen-bond donors (Lipinski definition) is 3. The van der Waals surface area contributed by atoms with Gasteiger partial charge in [0.2, 0.25) is 5.79 Å². The Bertz CT molecular complexity index is 696. The Hall–Kier alpha value is -1.17. The van der Waals surface area contributed by atoms with E-state index in [0.29, 0.717) is 24.8 Å². The van der Waals surface area contributed by atoms with Crippen molar-refractivity contribution in [2.45, 2.75) is 70.4 Å². The average Bonchev–Trinajstić information content (AvgIpc) is 2.77. The number of allylic oxidation sites excluding steroid dienone is 2. The highest BCUT2D eigenvalue weighted by Crippen LogP contribution is 2.72. The minimum Gasteiger partial charge on any atom is -0.429 e. The second-order valence-corrected chi connectivity index (χ2v) is 9.46. The van der Waals surface area contributed by atoms with Crippen molar-refractivity contribution in [2.24, 2.45) is 22.2 Å². The van der Waals surface area contributed by atoms with Crippen molar-refractivity contribution in [3.8, 4) is 0 Å². The van der Waals surface area contributed by atoms with Gasteiger partial charge in [-0.15, -0.1) is 6.58 Å². The molecule has 3 N–H and O–H groups in total. The molecular formula is C20H28O5. The third-order valence-electron chi connectivity index (χ3n) is 7.58. The van der Waals surface area contributed by atoms with Gasteiger partial charge in [-0.25, -0.2) is 0 Å². The quantitative estimate of drug-likeness (QED) is 0.499. The van der Waals surface area contributed by atoms with E-state index in [9.17, 15) is 20.1 Å². The molecule has 5 heteroatoms. The zero-order chi connectivity index (χ0) is 18.5. The van der Waals surface area contributed by atoms with Gasteiger partial charge in [-0.1, -0.05) is 39.3 Å². The molecule has 2 bridgehead atoms. The molecule has 2 saturated carbocycles. The maximum atomic E-state index is 13.0. The number of carbonyl (C=O) groups excluding carboxylic acids is 1. The van der Waals surface area contributed by atoms with Crippen molar-refractivity contribution < 1.29 is 24.9 Å². The van der Waals surface area contributed by atoms with Gasteiger partial charge in [0.15, 0.2) is 0 Å². The molecule has 6 atom stereocenters. The van der Waals surface area contributed by atoms with E-state index in [2.05, 4.69) is 6.58 Å². The third-order valence-corrected chi connectivity index (χ3v) is 7.58. The summed E-state index contributed by atoms with van der Waals surface area (Å²) >= 11 is 0. The second kappa shape index (κ2) is 4.56. The van der Waals surface area contributed by atoms with Crippen molar-refractivity contribution in [2.75, 3.05) is 0 Å². The first-order valence-corrected chi connectivity index (χ1v) is 9.20. The van der Waals surface area contributed by atoms with E-state index in [4.69, 9.17) is 4.74 Å². The summed E-state index contributed by atoms with van der Waals surface area (Å²) in [6.45, 7) is 9.81. The van der Waals surface area contributed by atoms with E-state index in [1.54, 1.807) is 12.2 Å². The maximum absolute atomic E-state index is 13.0. The third kappa shape index (κ3) is 1.72. The number of esters is 1. The summed E-state index contributed by atoms with van der Waals surface area (Å²) in [7, 11) is 0. The highest BCUT2D eigenvalue weighted by atomic mass is 16.7. The summed E-state index contributed by atoms with van der Waals surface area (Å²) in [6.07, 6.45) is 5.17. The monoisotopic (exact) mass is 348 g/mol. The van der Waals surface area contributed by atoms with Gasteiger partial charge in [0, 0.05) is 5.41 Å². The van der Waals surface area contributed by atoms with E-state index in [0.717, 1.165) is 12.8 Å². The Labute approximate surface area is 148 Å². The predicted molar refractivity (Wildman–Crippen MR) is 91.2 cm³/mol. The smallest absolute Gasteiger partial charge is 0.318 e. The van der Waals surface area contributed by atoms with Crippen LogP contribution in [0.5, 0.6) is 0 Å². The van der Waals surface area contributed by atoms with Crippen LogP contribution in [0.1, 0.15) is 52.9 Å². The molecule has 0 aromatic rings. The van der Waals surface area contributed by atoms with Crippen molar-refractivity contribution in [1.29, 1.82) is 0 Å². The Kier molecular flexibility index (Phi) is 3.15. The number of hydrogen-bond acceptors (Lipinski definition) is 5. The SMILES string of the molecule is C=C[C@@]1(C)C=C2[C@@H](O)[C@@]3(O)OC(=O)[C@@]4(CCCC(C)(C)[C@H]34)[C@@]2(O)CC1. The van der Waals surface area contributed by atoms with Crippen LogP contribution in [0.2, 0.25) is 0 Å². The second-order valence-electron chi connectivity index (χ2n) is 9.46. The van der Waals surface area contributed by atoms with E-state index in [1.807, 2.05) is 20.8 Å². The van der Waals surface area contributed by atoms with Crippen LogP contribution in [0, 0.1) is 22.2 Å². The minimum absolute atomic E-state index is 0.323. The maximum Gasteiger partial charge on any atom is 0.318 e. The molecule has 0 spiro atoms. The number of fused-ring (bicyclic) bond motifs is 1. The summed E-state index contributed by atoms with van der Waals surface area (Å²) in [6, 6.07) is 0. The molecule has 1 aliphatic heterocycles. The Morgan fingerprint density at radius 2 is 1.88 bits per heavy atom. The fourth-order valence-corrected chi connectivity index (χ4v) is 6.35. The summed E-state index contributed by atoms with van der Waals surface area (Å²) in [4.78, 5) is 13.0. The van der Waals surface area contributed by atoms with Gasteiger partial charge < -0.3 is 20.1 Å². The van der Waals surface area contributed by atoms with Gasteiger partial charge in [-0.3, -0.25) is 4.79 Å². The van der Waals surface area contributed by atoms with Crippen LogP contribution in [-0.4, -0.2) is 38.8 Å².